The fraction of sp³-hybridized carbons (Fsp3) is 0.868. The van der Waals surface area contributed by atoms with Gasteiger partial charge in [0.1, 0.15) is 13.2 Å². The van der Waals surface area contributed by atoms with Crippen LogP contribution in [0, 0.1) is 0 Å². The largest absolute Gasteiger partial charge is 0.462 e. The van der Waals surface area contributed by atoms with E-state index in [-0.39, 0.29) is 31.1 Å². The van der Waals surface area contributed by atoms with Crippen LogP contribution in [0.4, 0.5) is 0 Å². The molecule has 0 aromatic rings. The number of allylic oxidation sites excluding steroid dienone is 6. The Morgan fingerprint density at radius 2 is 0.486 bits per heavy atom. The minimum atomic E-state index is -0.771. The minimum absolute atomic E-state index is 0.0699. The van der Waals surface area contributed by atoms with Crippen molar-refractivity contribution >= 4 is 17.9 Å². The monoisotopic (exact) mass is 1040 g/mol. The van der Waals surface area contributed by atoms with E-state index in [4.69, 9.17) is 14.2 Å². The van der Waals surface area contributed by atoms with E-state index < -0.39 is 6.10 Å². The molecule has 6 nitrogen and oxygen atoms in total. The van der Waals surface area contributed by atoms with Gasteiger partial charge in [-0.05, 0) is 77.0 Å². The van der Waals surface area contributed by atoms with Crippen molar-refractivity contribution in [3.63, 3.8) is 0 Å². The van der Waals surface area contributed by atoms with Crippen LogP contribution < -0.4 is 0 Å². The molecule has 0 heterocycles. The zero-order valence-electron chi connectivity index (χ0n) is 49.9. The zero-order valence-corrected chi connectivity index (χ0v) is 49.9. The molecule has 0 aromatic carbocycles. The summed E-state index contributed by atoms with van der Waals surface area (Å²) in [5.74, 6) is -0.859. The maximum absolute atomic E-state index is 12.8. The molecule has 1 atom stereocenters. The van der Waals surface area contributed by atoms with Crippen molar-refractivity contribution in [2.75, 3.05) is 13.2 Å². The molecule has 74 heavy (non-hydrogen) atoms. The van der Waals surface area contributed by atoms with E-state index in [0.717, 1.165) is 70.6 Å². The van der Waals surface area contributed by atoms with Crippen molar-refractivity contribution in [3.05, 3.63) is 36.5 Å². The Hall–Kier alpha value is -2.37. The fourth-order valence-electron chi connectivity index (χ4n) is 9.88. The summed E-state index contributed by atoms with van der Waals surface area (Å²) in [5.41, 5.74) is 0. The molecule has 6 heteroatoms. The second-order valence-corrected chi connectivity index (χ2v) is 22.4. The van der Waals surface area contributed by atoms with Crippen molar-refractivity contribution in [2.24, 2.45) is 0 Å². The third-order valence-corrected chi connectivity index (χ3v) is 14.9. The SMILES string of the molecule is CCCCC/C=C\CCCCCCCC(=O)OC(COC(=O)CCCCCCCCCCCCC)COC(=O)CCCCCCCCCCCCCCCCCCCCCCC/C=C\C/C=C\CCCCCCC. The van der Waals surface area contributed by atoms with E-state index in [1.165, 1.54) is 250 Å². The Balaban J connectivity index is 4.00. The molecule has 0 saturated heterocycles. The van der Waals surface area contributed by atoms with Gasteiger partial charge in [-0.15, -0.1) is 0 Å². The van der Waals surface area contributed by atoms with Crippen LogP contribution in [0.25, 0.3) is 0 Å². The second kappa shape index (κ2) is 63.2. The first-order valence-corrected chi connectivity index (χ1v) is 33.0. The Morgan fingerprint density at radius 1 is 0.270 bits per heavy atom. The van der Waals surface area contributed by atoms with Crippen LogP contribution in [0.5, 0.6) is 0 Å². The van der Waals surface area contributed by atoms with Gasteiger partial charge >= 0.3 is 17.9 Å². The summed E-state index contributed by atoms with van der Waals surface area (Å²) in [6.45, 7) is 6.64. The molecular formula is C68H126O6. The number of unbranched alkanes of at least 4 members (excludes halogenated alkanes) is 44. The summed E-state index contributed by atoms with van der Waals surface area (Å²) in [4.78, 5) is 38.1. The van der Waals surface area contributed by atoms with Gasteiger partial charge in [-0.2, -0.15) is 0 Å². The summed E-state index contributed by atoms with van der Waals surface area (Å²) in [6, 6.07) is 0. The summed E-state index contributed by atoms with van der Waals surface area (Å²) in [7, 11) is 0. The van der Waals surface area contributed by atoms with Crippen LogP contribution in [-0.4, -0.2) is 37.2 Å². The molecule has 0 fully saturated rings. The predicted octanol–water partition coefficient (Wildman–Crippen LogP) is 22.4. The predicted molar refractivity (Wildman–Crippen MR) is 321 cm³/mol. The smallest absolute Gasteiger partial charge is 0.306 e. The highest BCUT2D eigenvalue weighted by molar-refractivity contribution is 5.71. The summed E-state index contributed by atoms with van der Waals surface area (Å²) < 4.78 is 16.9. The van der Waals surface area contributed by atoms with E-state index in [1.54, 1.807) is 0 Å². The van der Waals surface area contributed by atoms with Gasteiger partial charge in [-0.1, -0.05) is 301 Å². The Morgan fingerprint density at radius 3 is 0.784 bits per heavy atom. The number of carbonyl (C=O) groups excluding carboxylic acids is 3. The first-order chi connectivity index (χ1) is 36.5. The highest BCUT2D eigenvalue weighted by atomic mass is 16.6. The van der Waals surface area contributed by atoms with Crippen molar-refractivity contribution < 1.29 is 28.6 Å². The van der Waals surface area contributed by atoms with Gasteiger partial charge < -0.3 is 14.2 Å². The lowest BCUT2D eigenvalue weighted by molar-refractivity contribution is -0.167. The topological polar surface area (TPSA) is 78.9 Å². The van der Waals surface area contributed by atoms with Crippen LogP contribution in [0.3, 0.4) is 0 Å². The van der Waals surface area contributed by atoms with Crippen LogP contribution in [0.2, 0.25) is 0 Å². The number of rotatable bonds is 61. The molecule has 0 aliphatic rings. The van der Waals surface area contributed by atoms with Gasteiger partial charge in [-0.3, -0.25) is 14.4 Å². The minimum Gasteiger partial charge on any atom is -0.462 e. The molecule has 0 saturated carbocycles. The van der Waals surface area contributed by atoms with Crippen molar-refractivity contribution in [2.45, 2.75) is 367 Å². The van der Waals surface area contributed by atoms with Gasteiger partial charge in [0, 0.05) is 19.3 Å². The highest BCUT2D eigenvalue weighted by Crippen LogP contribution is 2.18. The summed E-state index contributed by atoms with van der Waals surface area (Å²) >= 11 is 0. The van der Waals surface area contributed by atoms with E-state index in [2.05, 4.69) is 57.2 Å². The van der Waals surface area contributed by atoms with Gasteiger partial charge in [0.15, 0.2) is 6.10 Å². The highest BCUT2D eigenvalue weighted by Gasteiger charge is 2.19. The lowest BCUT2D eigenvalue weighted by atomic mass is 10.0. The van der Waals surface area contributed by atoms with Gasteiger partial charge in [0.2, 0.25) is 0 Å². The normalized spacial score (nSPS) is 12.2. The molecule has 0 aromatic heterocycles. The Labute approximate surface area is 461 Å². The van der Waals surface area contributed by atoms with Gasteiger partial charge in [-0.25, -0.2) is 0 Å². The van der Waals surface area contributed by atoms with E-state index in [1.807, 2.05) is 0 Å². The molecule has 434 valence electrons. The van der Waals surface area contributed by atoms with Crippen LogP contribution in [0.1, 0.15) is 361 Å². The zero-order chi connectivity index (χ0) is 53.6. The average Bonchev–Trinajstić information content (AvgIpc) is 3.40. The molecule has 1 unspecified atom stereocenters. The van der Waals surface area contributed by atoms with Crippen molar-refractivity contribution in [1.29, 1.82) is 0 Å². The molecule has 0 aliphatic heterocycles. The number of carbonyl (C=O) groups is 3. The maximum Gasteiger partial charge on any atom is 0.306 e. The first kappa shape index (κ1) is 71.6. The number of ether oxygens (including phenoxy) is 3. The quantitative estimate of drug-likeness (QED) is 0.0261. The number of hydrogen-bond donors (Lipinski definition) is 0. The van der Waals surface area contributed by atoms with Crippen LogP contribution in [-0.2, 0) is 28.6 Å². The molecule has 0 radical (unpaired) electrons. The van der Waals surface area contributed by atoms with Crippen LogP contribution >= 0.6 is 0 Å². The van der Waals surface area contributed by atoms with E-state index in [0.29, 0.717) is 19.3 Å². The lowest BCUT2D eigenvalue weighted by Gasteiger charge is -2.18. The molecule has 0 spiro atoms. The lowest BCUT2D eigenvalue weighted by Crippen LogP contribution is -2.30. The third kappa shape index (κ3) is 60.5. The molecular weight excluding hydrogens is 913 g/mol. The molecule has 0 rings (SSSR count). The standard InChI is InChI=1S/C68H126O6/c1-4-7-10-13-16-19-22-24-25-26-27-28-29-30-31-32-33-34-35-36-37-38-39-40-41-42-43-44-47-49-52-55-58-61-67(70)73-64-65(63-72-66(69)60-57-54-51-48-45-21-18-15-12-9-6-3)74-68(71)62-59-56-53-50-46-23-20-17-14-11-8-5-2/h17,20,22,24,26-27,65H,4-16,18-19,21,23,25,28-64H2,1-3H3/b20-17-,24-22-,27-26-. The molecule has 0 aliphatic carbocycles. The molecule has 0 N–H and O–H groups in total. The Bertz CT molecular complexity index is 1240. The fourth-order valence-corrected chi connectivity index (χ4v) is 9.88. The summed E-state index contributed by atoms with van der Waals surface area (Å²) in [5, 5.41) is 0. The van der Waals surface area contributed by atoms with Gasteiger partial charge in [0.05, 0.1) is 0 Å². The third-order valence-electron chi connectivity index (χ3n) is 14.9. The van der Waals surface area contributed by atoms with E-state index in [9.17, 15) is 14.4 Å². The van der Waals surface area contributed by atoms with E-state index >= 15 is 0 Å². The summed E-state index contributed by atoms with van der Waals surface area (Å²) in [6.07, 6.45) is 77.6. The number of esters is 3. The maximum atomic E-state index is 12.8. The van der Waals surface area contributed by atoms with Crippen molar-refractivity contribution in [3.8, 4) is 0 Å². The van der Waals surface area contributed by atoms with Crippen molar-refractivity contribution in [1.82, 2.24) is 0 Å². The first-order valence-electron chi connectivity index (χ1n) is 33.0. The molecule has 0 bridgehead atoms. The second-order valence-electron chi connectivity index (χ2n) is 22.4. The van der Waals surface area contributed by atoms with Crippen LogP contribution in [0.15, 0.2) is 36.5 Å². The Kier molecular flexibility index (Phi) is 61.1. The average molecular weight is 1040 g/mol. The van der Waals surface area contributed by atoms with Gasteiger partial charge in [0.25, 0.3) is 0 Å². The molecule has 0 amide bonds. The number of hydrogen-bond acceptors (Lipinski definition) is 6.